The number of nitrogens with zero attached hydrogens (tertiary/aromatic N) is 1. The molecule has 0 aromatic carbocycles. The highest BCUT2D eigenvalue weighted by Crippen LogP contribution is 2.22. The molecule has 0 bridgehead atoms. The van der Waals surface area contributed by atoms with E-state index in [1.54, 1.807) is 20.8 Å². The van der Waals surface area contributed by atoms with E-state index in [4.69, 9.17) is 9.47 Å². The minimum atomic E-state index is -0.631. The van der Waals surface area contributed by atoms with Gasteiger partial charge in [0.1, 0.15) is 12.2 Å². The molecular formula is C11H19NO4. The van der Waals surface area contributed by atoms with Gasteiger partial charge in [-0.2, -0.15) is 0 Å². The first-order valence-corrected chi connectivity index (χ1v) is 5.41. The summed E-state index contributed by atoms with van der Waals surface area (Å²) in [5.74, 6) is 0.152. The van der Waals surface area contributed by atoms with Crippen molar-refractivity contribution in [1.82, 2.24) is 4.90 Å². The number of hydrogen-bond acceptors (Lipinski definition) is 4. The maximum absolute atomic E-state index is 11.8. The largest absolute Gasteiger partial charge is 0.447 e. The van der Waals surface area contributed by atoms with E-state index in [1.165, 1.54) is 0 Å². The third-order valence-electron chi connectivity index (χ3n) is 2.27. The monoisotopic (exact) mass is 229 g/mol. The topological polar surface area (TPSA) is 55.8 Å². The van der Waals surface area contributed by atoms with Crippen LogP contribution in [-0.4, -0.2) is 35.3 Å². The first-order valence-electron chi connectivity index (χ1n) is 5.41. The van der Waals surface area contributed by atoms with Gasteiger partial charge in [0.2, 0.25) is 0 Å². The molecule has 0 spiro atoms. The minimum absolute atomic E-state index is 0.152. The van der Waals surface area contributed by atoms with Gasteiger partial charge < -0.3 is 9.47 Å². The highest BCUT2D eigenvalue weighted by Gasteiger charge is 2.41. The fraction of sp³-hybridized carbons (Fsp3) is 0.818. The molecule has 0 unspecified atom stereocenters. The van der Waals surface area contributed by atoms with Crippen LogP contribution in [0.3, 0.4) is 0 Å². The summed E-state index contributed by atoms with van der Waals surface area (Å²) in [6.07, 6.45) is -1.25. The zero-order valence-corrected chi connectivity index (χ0v) is 10.4. The van der Waals surface area contributed by atoms with Crippen LogP contribution in [0.2, 0.25) is 0 Å². The molecule has 1 atom stereocenters. The molecule has 1 aliphatic rings. The lowest BCUT2D eigenvalue weighted by Gasteiger charge is -2.26. The second-order valence-corrected chi connectivity index (χ2v) is 5.24. The van der Waals surface area contributed by atoms with Crippen molar-refractivity contribution in [2.45, 2.75) is 46.3 Å². The van der Waals surface area contributed by atoms with Crippen LogP contribution in [0.1, 0.15) is 34.6 Å². The van der Waals surface area contributed by atoms with Crippen LogP contribution in [-0.2, 0) is 9.47 Å². The van der Waals surface area contributed by atoms with Gasteiger partial charge in [-0.1, -0.05) is 13.8 Å². The van der Waals surface area contributed by atoms with Crippen molar-refractivity contribution in [3.05, 3.63) is 0 Å². The second-order valence-electron chi connectivity index (χ2n) is 5.24. The maximum Gasteiger partial charge on any atom is 0.420 e. The average Bonchev–Trinajstić information content (AvgIpc) is 2.43. The summed E-state index contributed by atoms with van der Waals surface area (Å²) < 4.78 is 10.0. The number of imide groups is 1. The summed E-state index contributed by atoms with van der Waals surface area (Å²) in [7, 11) is 0. The first kappa shape index (κ1) is 12.8. The Balaban J connectivity index is 2.76. The van der Waals surface area contributed by atoms with Crippen LogP contribution in [0.5, 0.6) is 0 Å². The molecule has 0 radical (unpaired) electrons. The highest BCUT2D eigenvalue weighted by molar-refractivity contribution is 5.89. The van der Waals surface area contributed by atoms with E-state index >= 15 is 0 Å². The molecular weight excluding hydrogens is 210 g/mol. The molecule has 0 aromatic heterocycles. The molecule has 1 saturated heterocycles. The maximum atomic E-state index is 11.8. The Labute approximate surface area is 95.7 Å². The van der Waals surface area contributed by atoms with Gasteiger partial charge in [-0.15, -0.1) is 0 Å². The van der Waals surface area contributed by atoms with E-state index in [2.05, 4.69) is 0 Å². The Morgan fingerprint density at radius 3 is 2.50 bits per heavy atom. The number of ether oxygens (including phenoxy) is 2. The predicted octanol–water partition coefficient (Wildman–Crippen LogP) is 2.40. The van der Waals surface area contributed by atoms with E-state index in [-0.39, 0.29) is 18.6 Å². The molecule has 1 aliphatic heterocycles. The zero-order valence-electron chi connectivity index (χ0n) is 10.4. The summed E-state index contributed by atoms with van der Waals surface area (Å²) in [6.45, 7) is 9.40. The van der Waals surface area contributed by atoms with Gasteiger partial charge in [0.05, 0.1) is 6.04 Å². The average molecular weight is 229 g/mol. The number of hydrogen-bond donors (Lipinski definition) is 0. The van der Waals surface area contributed by atoms with E-state index in [9.17, 15) is 9.59 Å². The Kier molecular flexibility index (Phi) is 3.45. The van der Waals surface area contributed by atoms with Gasteiger partial charge >= 0.3 is 12.2 Å². The summed E-state index contributed by atoms with van der Waals surface area (Å²) in [5, 5.41) is 0. The van der Waals surface area contributed by atoms with Crippen molar-refractivity contribution < 1.29 is 19.1 Å². The number of cyclic esters (lactones) is 1. The molecule has 0 aliphatic carbocycles. The van der Waals surface area contributed by atoms with E-state index < -0.39 is 17.8 Å². The van der Waals surface area contributed by atoms with E-state index in [0.29, 0.717) is 0 Å². The van der Waals surface area contributed by atoms with E-state index in [0.717, 1.165) is 4.90 Å². The van der Waals surface area contributed by atoms with Crippen molar-refractivity contribution in [3.8, 4) is 0 Å². The van der Waals surface area contributed by atoms with Gasteiger partial charge in [-0.05, 0) is 26.7 Å². The summed E-state index contributed by atoms with van der Waals surface area (Å²) in [4.78, 5) is 24.3. The van der Waals surface area contributed by atoms with Crippen molar-refractivity contribution in [1.29, 1.82) is 0 Å². The lowest BCUT2D eigenvalue weighted by atomic mass is 10.1. The smallest absolute Gasteiger partial charge is 0.420 e. The van der Waals surface area contributed by atoms with Gasteiger partial charge in [-0.3, -0.25) is 0 Å². The van der Waals surface area contributed by atoms with Crippen LogP contribution in [0.15, 0.2) is 0 Å². The van der Waals surface area contributed by atoms with Crippen LogP contribution in [0.25, 0.3) is 0 Å². The van der Waals surface area contributed by atoms with Gasteiger partial charge in [0.15, 0.2) is 0 Å². The molecule has 92 valence electrons. The van der Waals surface area contributed by atoms with E-state index in [1.807, 2.05) is 13.8 Å². The third-order valence-corrected chi connectivity index (χ3v) is 2.27. The zero-order chi connectivity index (χ0) is 12.5. The van der Waals surface area contributed by atoms with Crippen LogP contribution >= 0.6 is 0 Å². The van der Waals surface area contributed by atoms with Crippen LogP contribution in [0.4, 0.5) is 9.59 Å². The Morgan fingerprint density at radius 1 is 1.50 bits per heavy atom. The van der Waals surface area contributed by atoms with Crippen molar-refractivity contribution >= 4 is 12.2 Å². The van der Waals surface area contributed by atoms with Crippen LogP contribution in [0, 0.1) is 5.92 Å². The normalized spacial score (nSPS) is 21.2. The quantitative estimate of drug-likeness (QED) is 0.692. The molecule has 1 fully saturated rings. The standard InChI is InChI=1S/C11H19NO4/c1-7(2)8-6-15-9(13)12(8)10(14)16-11(3,4)5/h7-8H,6H2,1-5H3/t8-/m1/s1. The lowest BCUT2D eigenvalue weighted by Crippen LogP contribution is -2.44. The SMILES string of the molecule is CC(C)[C@H]1COC(=O)N1C(=O)OC(C)(C)C. The van der Waals surface area contributed by atoms with Crippen molar-refractivity contribution in [2.75, 3.05) is 6.61 Å². The number of amides is 2. The summed E-state index contributed by atoms with van der Waals surface area (Å²) >= 11 is 0. The Bertz CT molecular complexity index is 293. The fourth-order valence-corrected chi connectivity index (χ4v) is 1.45. The summed E-state index contributed by atoms with van der Waals surface area (Å²) in [6, 6.07) is -0.234. The van der Waals surface area contributed by atoms with Gasteiger partial charge in [-0.25, -0.2) is 14.5 Å². The molecule has 0 aromatic rings. The number of carbonyl (C=O) groups excluding carboxylic acids is 2. The van der Waals surface area contributed by atoms with Crippen LogP contribution < -0.4 is 0 Å². The summed E-state index contributed by atoms with van der Waals surface area (Å²) in [5.41, 5.74) is -0.610. The molecule has 1 rings (SSSR count). The minimum Gasteiger partial charge on any atom is -0.447 e. The number of carbonyl (C=O) groups is 2. The number of rotatable bonds is 1. The van der Waals surface area contributed by atoms with Crippen molar-refractivity contribution in [2.24, 2.45) is 5.92 Å². The highest BCUT2D eigenvalue weighted by atomic mass is 16.6. The fourth-order valence-electron chi connectivity index (χ4n) is 1.45. The molecule has 5 nitrogen and oxygen atoms in total. The third kappa shape index (κ3) is 2.87. The molecule has 1 heterocycles. The molecule has 16 heavy (non-hydrogen) atoms. The molecule has 0 N–H and O–H groups in total. The first-order chi connectivity index (χ1) is 7.22. The van der Waals surface area contributed by atoms with Gasteiger partial charge in [0.25, 0.3) is 0 Å². The Hall–Kier alpha value is -1.26. The lowest BCUT2D eigenvalue weighted by molar-refractivity contribution is 0.0266. The molecule has 0 saturated carbocycles. The molecule has 2 amide bonds. The van der Waals surface area contributed by atoms with Crippen molar-refractivity contribution in [3.63, 3.8) is 0 Å². The Morgan fingerprint density at radius 2 is 2.06 bits per heavy atom. The van der Waals surface area contributed by atoms with Gasteiger partial charge in [0, 0.05) is 0 Å². The second kappa shape index (κ2) is 4.31. The molecule has 5 heteroatoms. The predicted molar refractivity (Wildman–Crippen MR) is 58.0 cm³/mol.